The number of carbonyl (C=O) groups excluding carboxylic acids is 3. The number of pyridine rings is 2. The largest absolute Gasteiger partial charge is 0.462 e. The van der Waals surface area contributed by atoms with Crippen molar-refractivity contribution in [3.63, 3.8) is 0 Å². The third-order valence-electron chi connectivity index (χ3n) is 4.32. The fourth-order valence-corrected chi connectivity index (χ4v) is 2.82. The van der Waals surface area contributed by atoms with Gasteiger partial charge in [0.2, 0.25) is 0 Å². The highest BCUT2D eigenvalue weighted by molar-refractivity contribution is 6.08. The highest BCUT2D eigenvalue weighted by Crippen LogP contribution is 2.25. The molecule has 10 nitrogen and oxygen atoms in total. The van der Waals surface area contributed by atoms with Crippen LogP contribution in [0.5, 0.6) is 0 Å². The van der Waals surface area contributed by atoms with Gasteiger partial charge < -0.3 is 20.7 Å². The molecule has 0 fully saturated rings. The van der Waals surface area contributed by atoms with Gasteiger partial charge in [-0.15, -0.1) is 0 Å². The van der Waals surface area contributed by atoms with Crippen molar-refractivity contribution in [2.45, 2.75) is 13.8 Å². The molecule has 0 unspecified atom stereocenters. The summed E-state index contributed by atoms with van der Waals surface area (Å²) in [5, 5.41) is 11.1. The maximum atomic E-state index is 12.9. The van der Waals surface area contributed by atoms with Gasteiger partial charge in [0.1, 0.15) is 5.82 Å². The van der Waals surface area contributed by atoms with Crippen LogP contribution < -0.4 is 21.3 Å². The third kappa shape index (κ3) is 6.50. The Labute approximate surface area is 190 Å². The summed E-state index contributed by atoms with van der Waals surface area (Å²) in [5.41, 5.74) is 2.20. The predicted molar refractivity (Wildman–Crippen MR) is 125 cm³/mol. The van der Waals surface area contributed by atoms with E-state index in [-0.39, 0.29) is 18.0 Å². The van der Waals surface area contributed by atoms with Crippen LogP contribution in [0.15, 0.2) is 61.1 Å². The number of ether oxygens (including phenoxy) is 1. The lowest BCUT2D eigenvalue weighted by Crippen LogP contribution is -2.28. The van der Waals surface area contributed by atoms with Gasteiger partial charge in [-0.25, -0.2) is 14.6 Å². The van der Waals surface area contributed by atoms with Crippen LogP contribution in [0.2, 0.25) is 0 Å². The maximum absolute atomic E-state index is 12.9. The van der Waals surface area contributed by atoms with Crippen molar-refractivity contribution in [2.24, 2.45) is 0 Å². The number of urea groups is 1. The lowest BCUT2D eigenvalue weighted by atomic mass is 10.1. The first-order valence-electron chi connectivity index (χ1n) is 10.3. The van der Waals surface area contributed by atoms with Gasteiger partial charge >= 0.3 is 12.0 Å². The standard InChI is InChI=1S/C23H24N6O4/c1-3-25-23(32)29-20-12-19(27-16-9-7-15(8-10-16)22(31)33-4-2)18(14-26-20)21(30)28-17-6-5-11-24-13-17/h5-14H,3-4H2,1-2H3,(H,28,30)(H3,25,26,27,29,32). The molecule has 0 saturated carbocycles. The molecule has 10 heteroatoms. The average Bonchev–Trinajstić information content (AvgIpc) is 2.80. The fraction of sp³-hybridized carbons (Fsp3) is 0.174. The minimum absolute atomic E-state index is 0.245. The number of benzene rings is 1. The molecule has 4 N–H and O–H groups in total. The van der Waals surface area contributed by atoms with E-state index in [1.807, 2.05) is 0 Å². The number of nitrogens with one attached hydrogen (secondary N) is 4. The average molecular weight is 448 g/mol. The Bertz CT molecular complexity index is 1120. The van der Waals surface area contributed by atoms with Crippen LogP contribution in [-0.4, -0.2) is 41.0 Å². The molecule has 0 radical (unpaired) electrons. The van der Waals surface area contributed by atoms with Crippen molar-refractivity contribution in [1.82, 2.24) is 15.3 Å². The van der Waals surface area contributed by atoms with Crippen molar-refractivity contribution in [2.75, 3.05) is 29.1 Å². The molecule has 33 heavy (non-hydrogen) atoms. The van der Waals surface area contributed by atoms with Gasteiger partial charge in [-0.1, -0.05) is 0 Å². The van der Waals surface area contributed by atoms with E-state index in [2.05, 4.69) is 31.2 Å². The number of esters is 1. The van der Waals surface area contributed by atoms with Crippen LogP contribution in [0.25, 0.3) is 0 Å². The van der Waals surface area contributed by atoms with Crippen molar-refractivity contribution in [3.8, 4) is 0 Å². The Balaban J connectivity index is 1.87. The lowest BCUT2D eigenvalue weighted by molar-refractivity contribution is 0.0526. The number of hydrogen-bond acceptors (Lipinski definition) is 7. The zero-order chi connectivity index (χ0) is 23.6. The maximum Gasteiger partial charge on any atom is 0.338 e. The molecular formula is C23H24N6O4. The quantitative estimate of drug-likeness (QED) is 0.385. The minimum atomic E-state index is -0.419. The Morgan fingerprint density at radius 1 is 0.970 bits per heavy atom. The second-order valence-electron chi connectivity index (χ2n) is 6.72. The lowest BCUT2D eigenvalue weighted by Gasteiger charge is -2.14. The van der Waals surface area contributed by atoms with Gasteiger partial charge in [-0.05, 0) is 50.2 Å². The van der Waals surface area contributed by atoms with Crippen LogP contribution in [0, 0.1) is 0 Å². The number of aromatic nitrogens is 2. The van der Waals surface area contributed by atoms with Crippen LogP contribution in [0.4, 0.5) is 27.7 Å². The fourth-order valence-electron chi connectivity index (χ4n) is 2.82. The topological polar surface area (TPSA) is 134 Å². The van der Waals surface area contributed by atoms with Gasteiger partial charge in [0, 0.05) is 30.7 Å². The molecule has 0 aliphatic heterocycles. The number of nitrogens with zero attached hydrogens (tertiary/aromatic N) is 2. The van der Waals surface area contributed by atoms with Crippen molar-refractivity contribution < 1.29 is 19.1 Å². The monoisotopic (exact) mass is 448 g/mol. The first-order chi connectivity index (χ1) is 16.0. The number of carbonyl (C=O) groups is 3. The molecule has 3 rings (SSSR count). The van der Waals surface area contributed by atoms with Crippen molar-refractivity contribution in [1.29, 1.82) is 0 Å². The molecule has 0 atom stereocenters. The smallest absolute Gasteiger partial charge is 0.338 e. The molecule has 1 aromatic carbocycles. The Kier molecular flexibility index (Phi) is 7.90. The van der Waals surface area contributed by atoms with Crippen LogP contribution in [-0.2, 0) is 4.74 Å². The normalized spacial score (nSPS) is 10.1. The van der Waals surface area contributed by atoms with Crippen molar-refractivity contribution >= 4 is 40.8 Å². The molecule has 0 aliphatic carbocycles. The van der Waals surface area contributed by atoms with Crippen molar-refractivity contribution in [3.05, 3.63) is 72.2 Å². The molecule has 2 heterocycles. The summed E-state index contributed by atoms with van der Waals surface area (Å²) in [4.78, 5) is 44.8. The number of rotatable bonds is 8. The molecule has 0 saturated heterocycles. The highest BCUT2D eigenvalue weighted by Gasteiger charge is 2.16. The number of amides is 3. The SMILES string of the molecule is CCNC(=O)Nc1cc(Nc2ccc(C(=O)OCC)cc2)c(C(=O)Nc2cccnc2)cn1. The molecule has 2 aromatic heterocycles. The summed E-state index contributed by atoms with van der Waals surface area (Å²) >= 11 is 0. The molecular weight excluding hydrogens is 424 g/mol. The van der Waals surface area contributed by atoms with E-state index in [0.717, 1.165) is 0 Å². The van der Waals surface area contributed by atoms with Crippen LogP contribution >= 0.6 is 0 Å². The number of hydrogen-bond donors (Lipinski definition) is 4. The summed E-state index contributed by atoms with van der Waals surface area (Å²) in [6.07, 6.45) is 4.49. The van der Waals surface area contributed by atoms with Gasteiger partial charge in [0.05, 0.1) is 35.3 Å². The summed E-state index contributed by atoms with van der Waals surface area (Å²) in [6.45, 7) is 4.27. The van der Waals surface area contributed by atoms with E-state index < -0.39 is 17.9 Å². The molecule has 3 amide bonds. The molecule has 0 spiro atoms. The van der Waals surface area contributed by atoms with E-state index in [1.54, 1.807) is 62.5 Å². The first kappa shape index (κ1) is 23.2. The second kappa shape index (κ2) is 11.2. The molecule has 0 aliphatic rings. The molecule has 3 aromatic rings. The zero-order valence-electron chi connectivity index (χ0n) is 18.2. The third-order valence-corrected chi connectivity index (χ3v) is 4.32. The van der Waals surface area contributed by atoms with Crippen LogP contribution in [0.3, 0.4) is 0 Å². The zero-order valence-corrected chi connectivity index (χ0v) is 18.2. The molecule has 170 valence electrons. The minimum Gasteiger partial charge on any atom is -0.462 e. The number of anilines is 4. The Morgan fingerprint density at radius 2 is 1.76 bits per heavy atom. The summed E-state index contributed by atoms with van der Waals surface area (Å²) in [7, 11) is 0. The van der Waals surface area contributed by atoms with E-state index >= 15 is 0 Å². The second-order valence-corrected chi connectivity index (χ2v) is 6.72. The summed E-state index contributed by atoms with van der Waals surface area (Å²) in [6, 6.07) is 11.2. The van der Waals surface area contributed by atoms with Gasteiger partial charge in [0.25, 0.3) is 5.91 Å². The van der Waals surface area contributed by atoms with Gasteiger partial charge in [-0.2, -0.15) is 0 Å². The van der Waals surface area contributed by atoms with E-state index in [9.17, 15) is 14.4 Å². The highest BCUT2D eigenvalue weighted by atomic mass is 16.5. The summed E-state index contributed by atoms with van der Waals surface area (Å²) in [5.74, 6) is -0.576. The van der Waals surface area contributed by atoms with Gasteiger partial charge in [0.15, 0.2) is 0 Å². The van der Waals surface area contributed by atoms with E-state index in [4.69, 9.17) is 4.74 Å². The predicted octanol–water partition coefficient (Wildman–Crippen LogP) is 3.79. The van der Waals surface area contributed by atoms with Crippen LogP contribution in [0.1, 0.15) is 34.6 Å². The Hall–Kier alpha value is -4.47. The van der Waals surface area contributed by atoms with Gasteiger partial charge in [-0.3, -0.25) is 15.1 Å². The summed E-state index contributed by atoms with van der Waals surface area (Å²) < 4.78 is 4.99. The first-order valence-corrected chi connectivity index (χ1v) is 10.3. The van der Waals surface area contributed by atoms with E-state index in [0.29, 0.717) is 29.2 Å². The van der Waals surface area contributed by atoms with E-state index in [1.165, 1.54) is 12.4 Å². The Morgan fingerprint density at radius 3 is 2.42 bits per heavy atom. The molecule has 0 bridgehead atoms.